The summed E-state index contributed by atoms with van der Waals surface area (Å²) >= 11 is 0. The SMILES string of the molecule is CN(CCc1ccccc1)c1cc2c(cc1N)OCCO2. The number of ether oxygens (including phenoxy) is 2. The number of likely N-dealkylation sites (N-methyl/N-ethyl adjacent to an activating group) is 1. The highest BCUT2D eigenvalue weighted by Crippen LogP contribution is 2.38. The van der Waals surface area contributed by atoms with Crippen LogP contribution < -0.4 is 20.1 Å². The zero-order chi connectivity index (χ0) is 14.7. The van der Waals surface area contributed by atoms with E-state index in [1.54, 1.807) is 0 Å². The molecule has 0 aromatic heterocycles. The van der Waals surface area contributed by atoms with Crippen LogP contribution in [0.2, 0.25) is 0 Å². The van der Waals surface area contributed by atoms with E-state index in [1.807, 2.05) is 25.2 Å². The molecule has 0 radical (unpaired) electrons. The van der Waals surface area contributed by atoms with Crippen LogP contribution in [-0.2, 0) is 6.42 Å². The standard InChI is InChI=1S/C17H20N2O2/c1-19(8-7-13-5-3-2-4-6-13)15-12-17-16(11-14(15)18)20-9-10-21-17/h2-6,11-12H,7-10,18H2,1H3. The van der Waals surface area contributed by atoms with E-state index in [0.717, 1.165) is 35.8 Å². The monoisotopic (exact) mass is 284 g/mol. The number of hydrogen-bond donors (Lipinski definition) is 1. The lowest BCUT2D eigenvalue weighted by Gasteiger charge is -2.25. The van der Waals surface area contributed by atoms with E-state index in [4.69, 9.17) is 15.2 Å². The van der Waals surface area contributed by atoms with E-state index in [-0.39, 0.29) is 0 Å². The summed E-state index contributed by atoms with van der Waals surface area (Å²) in [6.07, 6.45) is 0.977. The molecule has 0 aliphatic carbocycles. The fraction of sp³-hybridized carbons (Fsp3) is 0.294. The highest BCUT2D eigenvalue weighted by Gasteiger charge is 2.16. The molecular formula is C17H20N2O2. The third-order valence-electron chi connectivity index (χ3n) is 3.68. The minimum absolute atomic E-state index is 0.579. The first kappa shape index (κ1) is 13.6. The van der Waals surface area contributed by atoms with Crippen LogP contribution in [0, 0.1) is 0 Å². The molecule has 1 heterocycles. The number of hydrogen-bond acceptors (Lipinski definition) is 4. The van der Waals surface area contributed by atoms with Gasteiger partial charge in [0.1, 0.15) is 13.2 Å². The van der Waals surface area contributed by atoms with E-state index in [0.29, 0.717) is 13.2 Å². The maximum atomic E-state index is 6.14. The Hall–Kier alpha value is -2.36. The average molecular weight is 284 g/mol. The molecule has 0 spiro atoms. The van der Waals surface area contributed by atoms with Crippen molar-refractivity contribution in [2.75, 3.05) is 37.4 Å². The Morgan fingerprint density at radius 1 is 1.05 bits per heavy atom. The second-order valence-electron chi connectivity index (χ2n) is 5.21. The molecular weight excluding hydrogens is 264 g/mol. The van der Waals surface area contributed by atoms with Crippen LogP contribution in [0.25, 0.3) is 0 Å². The number of benzene rings is 2. The third-order valence-corrected chi connectivity index (χ3v) is 3.68. The van der Waals surface area contributed by atoms with Crippen molar-refractivity contribution in [1.29, 1.82) is 0 Å². The van der Waals surface area contributed by atoms with Crippen LogP contribution in [0.15, 0.2) is 42.5 Å². The number of nitrogens with two attached hydrogens (primary N) is 1. The van der Waals surface area contributed by atoms with Gasteiger partial charge in [-0.3, -0.25) is 0 Å². The fourth-order valence-corrected chi connectivity index (χ4v) is 2.49. The van der Waals surface area contributed by atoms with Crippen molar-refractivity contribution >= 4 is 11.4 Å². The van der Waals surface area contributed by atoms with Crippen LogP contribution in [0.4, 0.5) is 11.4 Å². The summed E-state index contributed by atoms with van der Waals surface area (Å²) in [5.41, 5.74) is 9.16. The average Bonchev–Trinajstić information content (AvgIpc) is 2.53. The number of nitrogen functional groups attached to an aromatic ring is 1. The molecule has 21 heavy (non-hydrogen) atoms. The van der Waals surface area contributed by atoms with Crippen LogP contribution in [0.3, 0.4) is 0 Å². The lowest BCUT2D eigenvalue weighted by Crippen LogP contribution is -2.22. The Morgan fingerprint density at radius 2 is 1.71 bits per heavy atom. The summed E-state index contributed by atoms with van der Waals surface area (Å²) in [4.78, 5) is 2.15. The molecule has 0 saturated carbocycles. The first-order chi connectivity index (χ1) is 10.2. The van der Waals surface area contributed by atoms with Gasteiger partial charge in [0.2, 0.25) is 0 Å². The molecule has 0 atom stereocenters. The largest absolute Gasteiger partial charge is 0.486 e. The topological polar surface area (TPSA) is 47.7 Å². The molecule has 3 rings (SSSR count). The molecule has 0 saturated heterocycles. The molecule has 110 valence electrons. The van der Waals surface area contributed by atoms with Crippen molar-refractivity contribution in [3.05, 3.63) is 48.0 Å². The highest BCUT2D eigenvalue weighted by molar-refractivity contribution is 5.73. The molecule has 2 aromatic rings. The van der Waals surface area contributed by atoms with Crippen molar-refractivity contribution in [2.45, 2.75) is 6.42 Å². The zero-order valence-electron chi connectivity index (χ0n) is 12.2. The summed E-state index contributed by atoms with van der Waals surface area (Å²) in [6.45, 7) is 2.06. The molecule has 0 amide bonds. The maximum absolute atomic E-state index is 6.14. The minimum atomic E-state index is 0.579. The van der Waals surface area contributed by atoms with Gasteiger partial charge in [0.15, 0.2) is 11.5 Å². The molecule has 0 bridgehead atoms. The van der Waals surface area contributed by atoms with Crippen LogP contribution >= 0.6 is 0 Å². The molecule has 0 unspecified atom stereocenters. The summed E-state index contributed by atoms with van der Waals surface area (Å²) < 4.78 is 11.2. The van der Waals surface area contributed by atoms with E-state index in [2.05, 4.69) is 29.2 Å². The predicted molar refractivity (Wildman–Crippen MR) is 85.3 cm³/mol. The van der Waals surface area contributed by atoms with Gasteiger partial charge in [-0.05, 0) is 12.0 Å². The Bertz CT molecular complexity index is 614. The summed E-state index contributed by atoms with van der Waals surface area (Å²) in [5.74, 6) is 1.51. The van der Waals surface area contributed by atoms with Gasteiger partial charge in [-0.1, -0.05) is 30.3 Å². The van der Waals surface area contributed by atoms with Gasteiger partial charge < -0.3 is 20.1 Å². The van der Waals surface area contributed by atoms with Gasteiger partial charge in [-0.2, -0.15) is 0 Å². The number of rotatable bonds is 4. The normalized spacial score (nSPS) is 13.0. The smallest absolute Gasteiger partial charge is 0.163 e. The number of fused-ring (bicyclic) bond motifs is 1. The predicted octanol–water partition coefficient (Wildman–Crippen LogP) is 2.72. The van der Waals surface area contributed by atoms with Crippen molar-refractivity contribution < 1.29 is 9.47 Å². The molecule has 4 heteroatoms. The molecule has 1 aliphatic heterocycles. The first-order valence-corrected chi connectivity index (χ1v) is 7.18. The lowest BCUT2D eigenvalue weighted by atomic mass is 10.1. The van der Waals surface area contributed by atoms with Gasteiger partial charge in [0.25, 0.3) is 0 Å². The van der Waals surface area contributed by atoms with E-state index in [9.17, 15) is 0 Å². The van der Waals surface area contributed by atoms with Crippen molar-refractivity contribution in [3.63, 3.8) is 0 Å². The molecule has 2 N–H and O–H groups in total. The minimum Gasteiger partial charge on any atom is -0.486 e. The number of anilines is 2. The molecule has 4 nitrogen and oxygen atoms in total. The quantitative estimate of drug-likeness (QED) is 0.877. The summed E-state index contributed by atoms with van der Waals surface area (Å²) in [5, 5.41) is 0. The second-order valence-corrected chi connectivity index (χ2v) is 5.21. The molecule has 0 fully saturated rings. The van der Waals surface area contributed by atoms with E-state index in [1.165, 1.54) is 5.56 Å². The van der Waals surface area contributed by atoms with Crippen LogP contribution in [0.5, 0.6) is 11.5 Å². The van der Waals surface area contributed by atoms with Gasteiger partial charge in [0, 0.05) is 25.7 Å². The highest BCUT2D eigenvalue weighted by atomic mass is 16.6. The van der Waals surface area contributed by atoms with Crippen LogP contribution in [-0.4, -0.2) is 26.8 Å². The van der Waals surface area contributed by atoms with Gasteiger partial charge in [-0.15, -0.1) is 0 Å². The molecule has 1 aliphatic rings. The Kier molecular flexibility index (Phi) is 3.86. The van der Waals surface area contributed by atoms with Gasteiger partial charge >= 0.3 is 0 Å². The maximum Gasteiger partial charge on any atom is 0.163 e. The molecule has 2 aromatic carbocycles. The van der Waals surface area contributed by atoms with Crippen molar-refractivity contribution in [3.8, 4) is 11.5 Å². The number of nitrogens with zero attached hydrogens (tertiary/aromatic N) is 1. The lowest BCUT2D eigenvalue weighted by molar-refractivity contribution is 0.172. The fourth-order valence-electron chi connectivity index (χ4n) is 2.49. The Labute approximate surface area is 125 Å². The zero-order valence-corrected chi connectivity index (χ0v) is 12.2. The van der Waals surface area contributed by atoms with Gasteiger partial charge in [-0.25, -0.2) is 0 Å². The van der Waals surface area contributed by atoms with E-state index >= 15 is 0 Å². The summed E-state index contributed by atoms with van der Waals surface area (Å²) in [6, 6.07) is 14.3. The van der Waals surface area contributed by atoms with Crippen molar-refractivity contribution in [1.82, 2.24) is 0 Å². The van der Waals surface area contributed by atoms with E-state index < -0.39 is 0 Å². The summed E-state index contributed by atoms with van der Waals surface area (Å²) in [7, 11) is 2.05. The van der Waals surface area contributed by atoms with Crippen LogP contribution in [0.1, 0.15) is 5.56 Å². The Morgan fingerprint density at radius 3 is 2.43 bits per heavy atom. The third kappa shape index (κ3) is 3.05. The van der Waals surface area contributed by atoms with Crippen molar-refractivity contribution in [2.24, 2.45) is 0 Å². The Balaban J connectivity index is 1.73. The first-order valence-electron chi connectivity index (χ1n) is 7.18. The van der Waals surface area contributed by atoms with Gasteiger partial charge in [0.05, 0.1) is 11.4 Å². The second kappa shape index (κ2) is 5.95.